The summed E-state index contributed by atoms with van der Waals surface area (Å²) in [5, 5.41) is 2.54. The van der Waals surface area contributed by atoms with Crippen LogP contribution >= 0.6 is 0 Å². The first-order valence-corrected chi connectivity index (χ1v) is 10.5. The van der Waals surface area contributed by atoms with Crippen LogP contribution in [-0.2, 0) is 24.7 Å². The Morgan fingerprint density at radius 1 is 0.880 bits per heavy atom. The topological polar surface area (TPSA) is 109 Å². The van der Waals surface area contributed by atoms with E-state index < -0.39 is 25.8 Å². The lowest BCUT2D eigenvalue weighted by Crippen LogP contribution is -2.19. The molecule has 25 heavy (non-hydrogen) atoms. The van der Waals surface area contributed by atoms with Crippen LogP contribution in [0.4, 0.5) is 5.69 Å². The number of sulfonamides is 1. The van der Waals surface area contributed by atoms with E-state index in [2.05, 4.69) is 10.0 Å². The van der Waals surface area contributed by atoms with Crippen molar-refractivity contribution < 1.29 is 21.6 Å². The van der Waals surface area contributed by atoms with Gasteiger partial charge in [-0.25, -0.2) is 21.6 Å². The van der Waals surface area contributed by atoms with Crippen LogP contribution in [0.15, 0.2) is 64.4 Å². The standard InChI is InChI=1S/C16H18N2O5S2/c1-17-25(22,23)15-9-7-13(8-10-15)18-16(19)11-12-24(20,21)14-5-3-2-4-6-14/h2-10,17H,11-12H2,1H3,(H,18,19). The van der Waals surface area contributed by atoms with E-state index in [4.69, 9.17) is 0 Å². The lowest BCUT2D eigenvalue weighted by Gasteiger charge is -2.07. The molecule has 2 rings (SSSR count). The molecule has 2 aromatic carbocycles. The van der Waals surface area contributed by atoms with Crippen LogP contribution in [0.25, 0.3) is 0 Å². The minimum atomic E-state index is -3.55. The van der Waals surface area contributed by atoms with E-state index in [1.807, 2.05) is 0 Å². The molecule has 134 valence electrons. The van der Waals surface area contributed by atoms with Crippen molar-refractivity contribution in [3.05, 3.63) is 54.6 Å². The van der Waals surface area contributed by atoms with Crippen molar-refractivity contribution in [1.29, 1.82) is 0 Å². The van der Waals surface area contributed by atoms with Gasteiger partial charge in [0.25, 0.3) is 0 Å². The minimum Gasteiger partial charge on any atom is -0.326 e. The second kappa shape index (κ2) is 7.77. The molecule has 0 aliphatic rings. The van der Waals surface area contributed by atoms with E-state index in [-0.39, 0.29) is 22.0 Å². The van der Waals surface area contributed by atoms with Gasteiger partial charge in [0.1, 0.15) is 0 Å². The molecule has 0 bridgehead atoms. The molecular formula is C16H18N2O5S2. The van der Waals surface area contributed by atoms with Crippen molar-refractivity contribution in [1.82, 2.24) is 4.72 Å². The van der Waals surface area contributed by atoms with Crippen molar-refractivity contribution >= 4 is 31.5 Å². The molecule has 2 aromatic rings. The summed E-state index contributed by atoms with van der Waals surface area (Å²) in [6, 6.07) is 13.5. The van der Waals surface area contributed by atoms with Crippen molar-refractivity contribution in [2.45, 2.75) is 16.2 Å². The summed E-state index contributed by atoms with van der Waals surface area (Å²) in [6.07, 6.45) is -0.201. The summed E-state index contributed by atoms with van der Waals surface area (Å²) in [5.74, 6) is -0.779. The van der Waals surface area contributed by atoms with E-state index >= 15 is 0 Å². The number of benzene rings is 2. The highest BCUT2D eigenvalue weighted by Crippen LogP contribution is 2.15. The van der Waals surface area contributed by atoms with Crippen LogP contribution in [0.2, 0.25) is 0 Å². The Balaban J connectivity index is 1.97. The number of hydrogen-bond acceptors (Lipinski definition) is 5. The molecule has 0 radical (unpaired) electrons. The molecule has 0 spiro atoms. The summed E-state index contributed by atoms with van der Waals surface area (Å²) in [4.78, 5) is 12.2. The number of carbonyl (C=O) groups excluding carboxylic acids is 1. The third kappa shape index (κ3) is 5.12. The van der Waals surface area contributed by atoms with Crippen LogP contribution < -0.4 is 10.0 Å². The normalized spacial score (nSPS) is 11.9. The molecule has 0 atom stereocenters. The van der Waals surface area contributed by atoms with Crippen LogP contribution in [-0.4, -0.2) is 35.5 Å². The molecule has 9 heteroatoms. The molecule has 2 N–H and O–H groups in total. The maximum Gasteiger partial charge on any atom is 0.240 e. The van der Waals surface area contributed by atoms with E-state index in [9.17, 15) is 21.6 Å². The van der Waals surface area contributed by atoms with E-state index in [0.29, 0.717) is 5.69 Å². The first-order valence-electron chi connectivity index (χ1n) is 7.36. The number of anilines is 1. The minimum absolute atomic E-state index is 0.0691. The van der Waals surface area contributed by atoms with Crippen LogP contribution in [0.5, 0.6) is 0 Å². The van der Waals surface area contributed by atoms with Gasteiger partial charge in [-0.2, -0.15) is 0 Å². The number of hydrogen-bond donors (Lipinski definition) is 2. The molecule has 7 nitrogen and oxygen atoms in total. The van der Waals surface area contributed by atoms with E-state index in [1.54, 1.807) is 18.2 Å². The smallest absolute Gasteiger partial charge is 0.240 e. The summed E-state index contributed by atoms with van der Waals surface area (Å²) in [5.41, 5.74) is 0.386. The SMILES string of the molecule is CNS(=O)(=O)c1ccc(NC(=O)CCS(=O)(=O)c2ccccc2)cc1. The Kier molecular flexibility index (Phi) is 5.93. The molecule has 0 aliphatic heterocycles. The number of nitrogens with one attached hydrogen (secondary N) is 2. The predicted molar refractivity (Wildman–Crippen MR) is 94.4 cm³/mol. The monoisotopic (exact) mass is 382 g/mol. The van der Waals surface area contributed by atoms with Crippen molar-refractivity contribution in [3.63, 3.8) is 0 Å². The van der Waals surface area contributed by atoms with Gasteiger partial charge in [0.2, 0.25) is 15.9 Å². The molecule has 0 heterocycles. The molecule has 1 amide bonds. The average Bonchev–Trinajstić information content (AvgIpc) is 2.61. The fourth-order valence-corrected chi connectivity index (χ4v) is 4.02. The van der Waals surface area contributed by atoms with Crippen molar-refractivity contribution in [2.75, 3.05) is 18.1 Å². The number of rotatable bonds is 7. The van der Waals surface area contributed by atoms with Gasteiger partial charge < -0.3 is 5.32 Å². The lowest BCUT2D eigenvalue weighted by molar-refractivity contribution is -0.115. The molecule has 0 fully saturated rings. The maximum absolute atomic E-state index is 12.1. The van der Waals surface area contributed by atoms with Crippen LogP contribution in [0, 0.1) is 0 Å². The lowest BCUT2D eigenvalue weighted by atomic mass is 10.3. The highest BCUT2D eigenvalue weighted by atomic mass is 32.2. The third-order valence-electron chi connectivity index (χ3n) is 3.42. The van der Waals surface area contributed by atoms with Gasteiger partial charge in [0.15, 0.2) is 9.84 Å². The van der Waals surface area contributed by atoms with Gasteiger partial charge >= 0.3 is 0 Å². The van der Waals surface area contributed by atoms with Crippen LogP contribution in [0.1, 0.15) is 6.42 Å². The van der Waals surface area contributed by atoms with Crippen molar-refractivity contribution in [2.24, 2.45) is 0 Å². The van der Waals surface area contributed by atoms with Gasteiger partial charge in [0.05, 0.1) is 15.5 Å². The molecule has 0 saturated carbocycles. The molecular weight excluding hydrogens is 364 g/mol. The van der Waals surface area contributed by atoms with E-state index in [1.165, 1.54) is 43.4 Å². The summed E-state index contributed by atoms with van der Waals surface area (Å²) in [6.45, 7) is 0. The Labute approximate surface area is 147 Å². The molecule has 0 aromatic heterocycles. The summed E-state index contributed by atoms with van der Waals surface area (Å²) >= 11 is 0. The Morgan fingerprint density at radius 2 is 1.48 bits per heavy atom. The first-order chi connectivity index (χ1) is 11.7. The molecule has 0 aliphatic carbocycles. The van der Waals surface area contributed by atoms with Gasteiger partial charge in [-0.15, -0.1) is 0 Å². The maximum atomic E-state index is 12.1. The highest BCUT2D eigenvalue weighted by Gasteiger charge is 2.16. The van der Waals surface area contributed by atoms with Gasteiger partial charge in [-0.3, -0.25) is 4.79 Å². The van der Waals surface area contributed by atoms with E-state index in [0.717, 1.165) is 0 Å². The largest absolute Gasteiger partial charge is 0.326 e. The average molecular weight is 382 g/mol. The van der Waals surface area contributed by atoms with Gasteiger partial charge in [0, 0.05) is 12.1 Å². The predicted octanol–water partition coefficient (Wildman–Crippen LogP) is 1.40. The Bertz CT molecular complexity index is 938. The fraction of sp³-hybridized carbons (Fsp3) is 0.188. The number of sulfone groups is 1. The Morgan fingerprint density at radius 3 is 2.04 bits per heavy atom. The quantitative estimate of drug-likeness (QED) is 0.752. The fourth-order valence-electron chi connectivity index (χ4n) is 2.03. The zero-order valence-electron chi connectivity index (χ0n) is 13.5. The summed E-state index contributed by atoms with van der Waals surface area (Å²) < 4.78 is 49.7. The van der Waals surface area contributed by atoms with Crippen molar-refractivity contribution in [3.8, 4) is 0 Å². The second-order valence-corrected chi connectivity index (χ2v) is 9.16. The Hall–Kier alpha value is -2.23. The number of amides is 1. The molecule has 0 unspecified atom stereocenters. The van der Waals surface area contributed by atoms with Gasteiger partial charge in [-0.1, -0.05) is 18.2 Å². The summed E-state index contributed by atoms with van der Waals surface area (Å²) in [7, 11) is -5.77. The zero-order chi connectivity index (χ0) is 18.5. The highest BCUT2D eigenvalue weighted by molar-refractivity contribution is 7.91. The molecule has 0 saturated heterocycles. The first kappa shape index (κ1) is 19.1. The zero-order valence-corrected chi connectivity index (χ0v) is 15.1. The third-order valence-corrected chi connectivity index (χ3v) is 6.58. The number of carbonyl (C=O) groups is 1. The van der Waals surface area contributed by atoms with Gasteiger partial charge in [-0.05, 0) is 43.4 Å². The van der Waals surface area contributed by atoms with Crippen LogP contribution in [0.3, 0.4) is 0 Å². The second-order valence-electron chi connectivity index (χ2n) is 5.16.